The molecule has 0 saturated heterocycles. The smallest absolute Gasteiger partial charge is 0.00505 e. The van der Waals surface area contributed by atoms with E-state index in [0.717, 1.165) is 29.6 Å². The van der Waals surface area contributed by atoms with Gasteiger partial charge >= 0.3 is 0 Å². The van der Waals surface area contributed by atoms with Crippen molar-refractivity contribution in [2.24, 2.45) is 40.4 Å². The third-order valence-corrected chi connectivity index (χ3v) is 9.08. The van der Waals surface area contributed by atoms with Crippen molar-refractivity contribution in [1.29, 1.82) is 0 Å². The molecule has 4 rings (SSSR count). The molecular weight excluding hydrogens is 312 g/mol. The molecule has 0 N–H and O–H groups in total. The minimum absolute atomic E-state index is 0.422. The molecule has 6 atom stereocenters. The average molecular weight is 357 g/mol. The summed E-state index contributed by atoms with van der Waals surface area (Å²) >= 11 is 0. The second-order valence-corrected chi connectivity index (χ2v) is 10.9. The highest BCUT2D eigenvalue weighted by Crippen LogP contribution is 2.66. The standard InChI is InChI=1S/C21H32.C5H12/c1-14-13-16-18-9-8-15(2)20(18,3)12-10-19(16)21(4)11-6-5-7-17(14)21;1-4-5(2)3/h10,14,16-18H,2,5-9,11-13H2,1,3-4H3;5H,4H2,1-3H3/t14-,16?,17?,18?,20?,21-;/m0./s1. The van der Waals surface area contributed by atoms with Crippen LogP contribution in [0.15, 0.2) is 23.8 Å². The first-order valence-corrected chi connectivity index (χ1v) is 11.6. The number of allylic oxidation sites excluding steroid dienone is 3. The van der Waals surface area contributed by atoms with Crippen LogP contribution in [-0.4, -0.2) is 0 Å². The molecule has 26 heavy (non-hydrogen) atoms. The highest BCUT2D eigenvalue weighted by atomic mass is 14.6. The van der Waals surface area contributed by atoms with E-state index in [1.807, 2.05) is 5.57 Å². The fourth-order valence-corrected chi connectivity index (χ4v) is 6.97. The molecule has 0 heteroatoms. The van der Waals surface area contributed by atoms with E-state index in [2.05, 4.69) is 54.2 Å². The van der Waals surface area contributed by atoms with E-state index in [1.165, 1.54) is 57.8 Å². The fraction of sp³-hybridized carbons (Fsp3) is 0.846. The monoisotopic (exact) mass is 356 g/mol. The Morgan fingerprint density at radius 1 is 1.12 bits per heavy atom. The molecule has 4 aliphatic carbocycles. The fourth-order valence-electron chi connectivity index (χ4n) is 6.97. The second kappa shape index (κ2) is 7.48. The van der Waals surface area contributed by atoms with Gasteiger partial charge in [-0.2, -0.15) is 0 Å². The van der Waals surface area contributed by atoms with Gasteiger partial charge in [-0.15, -0.1) is 0 Å². The Balaban J connectivity index is 0.000000349. The summed E-state index contributed by atoms with van der Waals surface area (Å²) in [6.45, 7) is 18.8. The number of hydrogen-bond donors (Lipinski definition) is 0. The molecule has 0 radical (unpaired) electrons. The Labute approximate surface area is 163 Å². The molecule has 0 bridgehead atoms. The summed E-state index contributed by atoms with van der Waals surface area (Å²) < 4.78 is 0. The Morgan fingerprint density at radius 2 is 1.81 bits per heavy atom. The summed E-state index contributed by atoms with van der Waals surface area (Å²) in [5, 5.41) is 0. The second-order valence-electron chi connectivity index (χ2n) is 10.9. The van der Waals surface area contributed by atoms with Crippen LogP contribution in [-0.2, 0) is 0 Å². The van der Waals surface area contributed by atoms with Crippen LogP contribution < -0.4 is 0 Å². The highest BCUT2D eigenvalue weighted by Gasteiger charge is 2.56. The van der Waals surface area contributed by atoms with E-state index < -0.39 is 0 Å². The number of hydrogen-bond acceptors (Lipinski definition) is 0. The van der Waals surface area contributed by atoms with Crippen LogP contribution in [0, 0.1) is 40.4 Å². The Bertz CT molecular complexity index is 552. The first-order valence-electron chi connectivity index (χ1n) is 11.6. The van der Waals surface area contributed by atoms with Crippen LogP contribution >= 0.6 is 0 Å². The van der Waals surface area contributed by atoms with Crippen LogP contribution in [0.2, 0.25) is 0 Å². The first-order chi connectivity index (χ1) is 12.2. The molecule has 0 aromatic rings. The molecule has 0 aliphatic heterocycles. The highest BCUT2D eigenvalue weighted by molar-refractivity contribution is 5.33. The van der Waals surface area contributed by atoms with Gasteiger partial charge in [0.25, 0.3) is 0 Å². The lowest BCUT2D eigenvalue weighted by molar-refractivity contribution is 0.0133. The minimum Gasteiger partial charge on any atom is -0.0993 e. The summed E-state index contributed by atoms with van der Waals surface area (Å²) in [4.78, 5) is 0. The lowest BCUT2D eigenvalue weighted by Crippen LogP contribution is -2.48. The third-order valence-electron chi connectivity index (χ3n) is 9.08. The molecule has 0 aromatic carbocycles. The SMILES string of the molecule is C=C1CCC2C3C[C@H](C)C4CCCC[C@]4(C)C3=CCC12C.CCC(C)C. The Hall–Kier alpha value is -0.520. The predicted molar refractivity (Wildman–Crippen MR) is 115 cm³/mol. The van der Waals surface area contributed by atoms with Gasteiger partial charge in [0, 0.05) is 0 Å². The molecule has 4 aliphatic rings. The molecule has 0 aromatic heterocycles. The molecule has 148 valence electrons. The van der Waals surface area contributed by atoms with Crippen molar-refractivity contribution in [3.63, 3.8) is 0 Å². The molecule has 0 spiro atoms. The lowest BCUT2D eigenvalue weighted by atomic mass is 9.47. The first kappa shape index (κ1) is 20.2. The van der Waals surface area contributed by atoms with Gasteiger partial charge in [-0.05, 0) is 78.9 Å². The maximum atomic E-state index is 4.44. The van der Waals surface area contributed by atoms with Crippen molar-refractivity contribution in [2.45, 2.75) is 99.3 Å². The van der Waals surface area contributed by atoms with E-state index in [1.54, 1.807) is 5.57 Å². The summed E-state index contributed by atoms with van der Waals surface area (Å²) in [6.07, 6.45) is 15.3. The molecule has 3 saturated carbocycles. The zero-order chi connectivity index (χ0) is 19.1. The van der Waals surface area contributed by atoms with Gasteiger partial charge < -0.3 is 0 Å². The van der Waals surface area contributed by atoms with Gasteiger partial charge in [-0.1, -0.05) is 84.6 Å². The topological polar surface area (TPSA) is 0 Å². The van der Waals surface area contributed by atoms with Crippen LogP contribution in [0.4, 0.5) is 0 Å². The van der Waals surface area contributed by atoms with Crippen molar-refractivity contribution in [2.75, 3.05) is 0 Å². The van der Waals surface area contributed by atoms with E-state index >= 15 is 0 Å². The summed E-state index contributed by atoms with van der Waals surface area (Å²) in [5.41, 5.74) is 4.39. The van der Waals surface area contributed by atoms with Crippen molar-refractivity contribution < 1.29 is 0 Å². The van der Waals surface area contributed by atoms with Crippen LogP contribution in [0.5, 0.6) is 0 Å². The summed E-state index contributed by atoms with van der Waals surface area (Å²) in [5.74, 6) is 4.54. The van der Waals surface area contributed by atoms with Crippen molar-refractivity contribution in [3.8, 4) is 0 Å². The van der Waals surface area contributed by atoms with Crippen molar-refractivity contribution in [3.05, 3.63) is 23.8 Å². The number of fused-ring (bicyclic) bond motifs is 5. The number of rotatable bonds is 1. The average Bonchev–Trinajstić information content (AvgIpc) is 2.91. The predicted octanol–water partition coefficient (Wildman–Crippen LogP) is 8.19. The quantitative estimate of drug-likeness (QED) is 0.415. The van der Waals surface area contributed by atoms with E-state index in [4.69, 9.17) is 0 Å². The molecule has 0 amide bonds. The van der Waals surface area contributed by atoms with Gasteiger partial charge in [-0.25, -0.2) is 0 Å². The van der Waals surface area contributed by atoms with Gasteiger partial charge in [0.2, 0.25) is 0 Å². The van der Waals surface area contributed by atoms with Gasteiger partial charge in [0.05, 0.1) is 0 Å². The Morgan fingerprint density at radius 3 is 2.46 bits per heavy atom. The summed E-state index contributed by atoms with van der Waals surface area (Å²) in [6, 6.07) is 0. The van der Waals surface area contributed by atoms with E-state index in [0.29, 0.717) is 10.8 Å². The largest absolute Gasteiger partial charge is 0.0993 e. The third kappa shape index (κ3) is 3.24. The molecule has 0 heterocycles. The van der Waals surface area contributed by atoms with Crippen molar-refractivity contribution >= 4 is 0 Å². The van der Waals surface area contributed by atoms with Crippen LogP contribution in [0.1, 0.15) is 99.3 Å². The Kier molecular flexibility index (Phi) is 5.82. The van der Waals surface area contributed by atoms with Crippen LogP contribution in [0.25, 0.3) is 0 Å². The van der Waals surface area contributed by atoms with Crippen molar-refractivity contribution in [1.82, 2.24) is 0 Å². The maximum Gasteiger partial charge on any atom is -0.00505 e. The molecular formula is C26H44. The summed E-state index contributed by atoms with van der Waals surface area (Å²) in [7, 11) is 0. The molecule has 0 nitrogen and oxygen atoms in total. The zero-order valence-electron chi connectivity index (χ0n) is 18.5. The van der Waals surface area contributed by atoms with Gasteiger partial charge in [0.15, 0.2) is 0 Å². The zero-order valence-corrected chi connectivity index (χ0v) is 18.5. The molecule has 4 unspecified atom stereocenters. The van der Waals surface area contributed by atoms with E-state index in [9.17, 15) is 0 Å². The molecule has 3 fully saturated rings. The normalized spacial score (nSPS) is 44.4. The minimum atomic E-state index is 0.422. The van der Waals surface area contributed by atoms with Crippen LogP contribution in [0.3, 0.4) is 0 Å². The van der Waals surface area contributed by atoms with E-state index in [-0.39, 0.29) is 0 Å². The maximum absolute atomic E-state index is 4.44. The van der Waals surface area contributed by atoms with Gasteiger partial charge in [-0.3, -0.25) is 0 Å². The lowest BCUT2D eigenvalue weighted by Gasteiger charge is -2.58. The van der Waals surface area contributed by atoms with Gasteiger partial charge in [0.1, 0.15) is 0 Å².